The van der Waals surface area contributed by atoms with Gasteiger partial charge in [-0.25, -0.2) is 4.57 Å². The maximum atomic E-state index is 10.3. The van der Waals surface area contributed by atoms with Crippen molar-refractivity contribution in [2.75, 3.05) is 6.61 Å². The molecule has 0 saturated carbocycles. The van der Waals surface area contributed by atoms with Crippen molar-refractivity contribution in [3.05, 3.63) is 0 Å². The third-order valence-electron chi connectivity index (χ3n) is 1.58. The molecule has 0 saturated heterocycles. The van der Waals surface area contributed by atoms with Crippen molar-refractivity contribution >= 4 is 7.82 Å². The summed E-state index contributed by atoms with van der Waals surface area (Å²) in [6.07, 6.45) is -4.10. The van der Waals surface area contributed by atoms with Crippen molar-refractivity contribution in [2.24, 2.45) is 0 Å². The highest BCUT2D eigenvalue weighted by Crippen LogP contribution is 2.39. The molecule has 8 nitrogen and oxygen atoms in total. The van der Waals surface area contributed by atoms with E-state index in [1.165, 1.54) is 0 Å². The molecule has 0 aliphatic heterocycles. The summed E-state index contributed by atoms with van der Waals surface area (Å²) < 4.78 is 14.0. The van der Waals surface area contributed by atoms with Crippen LogP contribution in [-0.4, -0.2) is 54.8 Å². The molecule has 0 aromatic heterocycles. The quantitative estimate of drug-likeness (QED) is 0.225. The minimum atomic E-state index is -4.97. The number of phosphoric acid groups is 1. The van der Waals surface area contributed by atoms with E-state index in [0.29, 0.717) is 0 Å². The van der Waals surface area contributed by atoms with Gasteiger partial charge >= 0.3 is 7.82 Å². The molecule has 0 heterocycles. The number of phosphoric ester groups is 1. The summed E-state index contributed by atoms with van der Waals surface area (Å²) in [6, 6.07) is 0. The summed E-state index contributed by atoms with van der Waals surface area (Å²) in [4.78, 5) is 16.6. The molecule has 1 unspecified atom stereocenters. The van der Waals surface area contributed by atoms with Gasteiger partial charge in [0.25, 0.3) is 0 Å². The lowest BCUT2D eigenvalue weighted by atomic mass is 9.99. The molecule has 9 heteroatoms. The summed E-state index contributed by atoms with van der Waals surface area (Å²) in [7, 11) is -4.97. The Bertz CT molecular complexity index is 222. The molecule has 3 atom stereocenters. The molecule has 0 spiro atoms. The SMILES string of the molecule is C[C@](O)(C(O)OP(=O)(O)O)[C@H](O)CO. The second kappa shape index (κ2) is 4.65. The average Bonchev–Trinajstić information content (AvgIpc) is 1.99. The van der Waals surface area contributed by atoms with Crippen LogP contribution in [0.1, 0.15) is 6.92 Å². The standard InChI is InChI=1S/C5H13O8P/c1-5(9,3(7)2-6)4(8)13-14(10,11)12/h3-4,6-9H,2H2,1H3,(H2,10,11,12)/t3-,4?,5-/m1/s1. The van der Waals surface area contributed by atoms with Crippen LogP contribution in [0.15, 0.2) is 0 Å². The molecule has 86 valence electrons. The number of aliphatic hydroxyl groups is 4. The van der Waals surface area contributed by atoms with Gasteiger partial charge in [0.2, 0.25) is 0 Å². The number of aliphatic hydroxyl groups excluding tert-OH is 3. The van der Waals surface area contributed by atoms with E-state index in [2.05, 4.69) is 4.52 Å². The normalized spacial score (nSPS) is 21.4. The van der Waals surface area contributed by atoms with Crippen LogP contribution in [-0.2, 0) is 9.09 Å². The van der Waals surface area contributed by atoms with Crippen LogP contribution in [0.5, 0.6) is 0 Å². The van der Waals surface area contributed by atoms with E-state index in [-0.39, 0.29) is 0 Å². The smallest absolute Gasteiger partial charge is 0.394 e. The Morgan fingerprint density at radius 1 is 1.43 bits per heavy atom. The Kier molecular flexibility index (Phi) is 4.63. The number of hydrogen-bond donors (Lipinski definition) is 6. The van der Waals surface area contributed by atoms with E-state index >= 15 is 0 Å². The van der Waals surface area contributed by atoms with Crippen molar-refractivity contribution in [1.29, 1.82) is 0 Å². The molecule has 0 aliphatic rings. The Morgan fingerprint density at radius 2 is 1.86 bits per heavy atom. The Balaban J connectivity index is 4.51. The first-order chi connectivity index (χ1) is 6.11. The fraction of sp³-hybridized carbons (Fsp3) is 1.00. The van der Waals surface area contributed by atoms with Crippen molar-refractivity contribution in [3.63, 3.8) is 0 Å². The maximum Gasteiger partial charge on any atom is 0.472 e. The molecule has 0 aliphatic carbocycles. The van der Waals surface area contributed by atoms with E-state index in [1.54, 1.807) is 0 Å². The van der Waals surface area contributed by atoms with Gasteiger partial charge in [-0.1, -0.05) is 0 Å². The van der Waals surface area contributed by atoms with Gasteiger partial charge in [-0.15, -0.1) is 0 Å². The molecule has 0 fully saturated rings. The van der Waals surface area contributed by atoms with Crippen molar-refractivity contribution in [3.8, 4) is 0 Å². The zero-order chi connectivity index (χ0) is 11.6. The lowest BCUT2D eigenvalue weighted by Gasteiger charge is -2.31. The van der Waals surface area contributed by atoms with Gasteiger partial charge in [-0.05, 0) is 6.92 Å². The third-order valence-corrected chi connectivity index (χ3v) is 2.06. The Morgan fingerprint density at radius 3 is 2.14 bits per heavy atom. The Labute approximate surface area is 79.6 Å². The molecule has 0 amide bonds. The summed E-state index contributed by atoms with van der Waals surface area (Å²) in [5.74, 6) is 0. The summed E-state index contributed by atoms with van der Waals surface area (Å²) in [6.45, 7) is -0.0389. The molecule has 6 N–H and O–H groups in total. The van der Waals surface area contributed by atoms with Gasteiger partial charge < -0.3 is 30.2 Å². The molecule has 0 bridgehead atoms. The van der Waals surface area contributed by atoms with E-state index in [4.69, 9.17) is 25.1 Å². The van der Waals surface area contributed by atoms with Crippen LogP contribution in [0.3, 0.4) is 0 Å². The monoisotopic (exact) mass is 232 g/mol. The summed E-state index contributed by atoms with van der Waals surface area (Å²) in [5, 5.41) is 35.7. The van der Waals surface area contributed by atoms with E-state index in [9.17, 15) is 9.67 Å². The first-order valence-corrected chi connectivity index (χ1v) is 5.07. The van der Waals surface area contributed by atoms with Crippen LogP contribution in [0, 0.1) is 0 Å². The van der Waals surface area contributed by atoms with Gasteiger partial charge in [0, 0.05) is 0 Å². The molecule has 0 aromatic carbocycles. The second-order valence-electron chi connectivity index (χ2n) is 2.87. The highest BCUT2D eigenvalue weighted by Gasteiger charge is 2.41. The minimum Gasteiger partial charge on any atom is -0.394 e. The van der Waals surface area contributed by atoms with Crippen LogP contribution in [0.2, 0.25) is 0 Å². The number of rotatable bonds is 5. The molecular weight excluding hydrogens is 219 g/mol. The molecule has 0 rings (SSSR count). The van der Waals surface area contributed by atoms with Gasteiger partial charge in [0.1, 0.15) is 11.7 Å². The van der Waals surface area contributed by atoms with E-state index < -0.39 is 32.4 Å². The van der Waals surface area contributed by atoms with E-state index in [0.717, 1.165) is 6.92 Å². The zero-order valence-electron chi connectivity index (χ0n) is 7.31. The lowest BCUT2D eigenvalue weighted by molar-refractivity contribution is -0.214. The van der Waals surface area contributed by atoms with Gasteiger partial charge in [0.05, 0.1) is 6.61 Å². The predicted molar refractivity (Wildman–Crippen MR) is 42.9 cm³/mol. The first kappa shape index (κ1) is 13.9. The van der Waals surface area contributed by atoms with Gasteiger partial charge in [0.15, 0.2) is 6.29 Å². The maximum absolute atomic E-state index is 10.3. The molecule has 14 heavy (non-hydrogen) atoms. The third kappa shape index (κ3) is 3.99. The first-order valence-electron chi connectivity index (χ1n) is 3.54. The Hall–Kier alpha value is -0.0500. The highest BCUT2D eigenvalue weighted by molar-refractivity contribution is 7.46. The largest absolute Gasteiger partial charge is 0.472 e. The van der Waals surface area contributed by atoms with Crippen LogP contribution >= 0.6 is 7.82 Å². The average molecular weight is 232 g/mol. The fourth-order valence-corrected chi connectivity index (χ4v) is 1.06. The van der Waals surface area contributed by atoms with Gasteiger partial charge in [-0.3, -0.25) is 4.52 Å². The van der Waals surface area contributed by atoms with Gasteiger partial charge in [-0.2, -0.15) is 0 Å². The van der Waals surface area contributed by atoms with Crippen LogP contribution in [0.4, 0.5) is 0 Å². The number of hydrogen-bond acceptors (Lipinski definition) is 6. The second-order valence-corrected chi connectivity index (χ2v) is 4.06. The summed E-state index contributed by atoms with van der Waals surface area (Å²) >= 11 is 0. The summed E-state index contributed by atoms with van der Waals surface area (Å²) in [5.41, 5.74) is -2.38. The van der Waals surface area contributed by atoms with E-state index in [1.807, 2.05) is 0 Å². The fourth-order valence-electron chi connectivity index (χ4n) is 0.586. The minimum absolute atomic E-state index is 0.855. The molecule has 0 radical (unpaired) electrons. The van der Waals surface area contributed by atoms with Crippen LogP contribution < -0.4 is 0 Å². The van der Waals surface area contributed by atoms with Crippen molar-refractivity contribution in [1.82, 2.24) is 0 Å². The highest BCUT2D eigenvalue weighted by atomic mass is 31.2. The van der Waals surface area contributed by atoms with Crippen molar-refractivity contribution in [2.45, 2.75) is 24.9 Å². The molecular formula is C5H13O8P. The predicted octanol–water partition coefficient (Wildman–Crippen LogP) is -2.48. The molecule has 0 aromatic rings. The topological polar surface area (TPSA) is 148 Å². The lowest BCUT2D eigenvalue weighted by Crippen LogP contribution is -2.52. The van der Waals surface area contributed by atoms with Crippen LogP contribution in [0.25, 0.3) is 0 Å². The van der Waals surface area contributed by atoms with Crippen molar-refractivity contribution < 1.29 is 39.3 Å². The zero-order valence-corrected chi connectivity index (χ0v) is 8.20.